The van der Waals surface area contributed by atoms with Gasteiger partial charge in [-0.3, -0.25) is 0 Å². The van der Waals surface area contributed by atoms with Gasteiger partial charge in [-0.05, 0) is 49.4 Å². The van der Waals surface area contributed by atoms with Crippen molar-refractivity contribution in [1.82, 2.24) is 0 Å². The molecule has 0 aromatic heterocycles. The topological polar surface area (TPSA) is 55.5 Å². The standard InChI is InChI=1S/C14H21Cl2NO2/c1-3-19-14-12(5-11(15)6-13(14)16)9(2)4-10(7-17)8-18/h5-6,9-10,18H,3-4,7-8,17H2,1-2H3. The number of halogens is 2. The van der Waals surface area contributed by atoms with E-state index in [1.165, 1.54) is 0 Å². The average Bonchev–Trinajstić information content (AvgIpc) is 2.38. The summed E-state index contributed by atoms with van der Waals surface area (Å²) in [7, 11) is 0. The van der Waals surface area contributed by atoms with E-state index in [0.717, 1.165) is 12.0 Å². The first-order valence-electron chi connectivity index (χ1n) is 6.46. The summed E-state index contributed by atoms with van der Waals surface area (Å²) in [5, 5.41) is 10.3. The van der Waals surface area contributed by atoms with Crippen LogP contribution in [0.15, 0.2) is 12.1 Å². The van der Waals surface area contributed by atoms with Crippen LogP contribution >= 0.6 is 23.2 Å². The summed E-state index contributed by atoms with van der Waals surface area (Å²) in [5.41, 5.74) is 6.59. The smallest absolute Gasteiger partial charge is 0.141 e. The highest BCUT2D eigenvalue weighted by atomic mass is 35.5. The minimum atomic E-state index is 0.0715. The fourth-order valence-electron chi connectivity index (χ4n) is 2.12. The van der Waals surface area contributed by atoms with E-state index in [4.69, 9.17) is 33.7 Å². The molecule has 0 saturated carbocycles. The van der Waals surface area contributed by atoms with Gasteiger partial charge < -0.3 is 15.6 Å². The summed E-state index contributed by atoms with van der Waals surface area (Å²) in [6.07, 6.45) is 0.768. The van der Waals surface area contributed by atoms with Gasteiger partial charge in [-0.1, -0.05) is 30.1 Å². The van der Waals surface area contributed by atoms with Crippen molar-refractivity contribution in [3.8, 4) is 5.75 Å². The summed E-state index contributed by atoms with van der Waals surface area (Å²) in [6, 6.07) is 3.55. The lowest BCUT2D eigenvalue weighted by Crippen LogP contribution is -2.20. The highest BCUT2D eigenvalue weighted by molar-refractivity contribution is 6.35. The SMILES string of the molecule is CCOc1c(Cl)cc(Cl)cc1C(C)CC(CN)CO. The van der Waals surface area contributed by atoms with E-state index in [1.807, 2.05) is 13.0 Å². The lowest BCUT2D eigenvalue weighted by Gasteiger charge is -2.21. The minimum Gasteiger partial charge on any atom is -0.492 e. The van der Waals surface area contributed by atoms with Crippen molar-refractivity contribution in [2.75, 3.05) is 19.8 Å². The first-order chi connectivity index (χ1) is 9.03. The van der Waals surface area contributed by atoms with Crippen molar-refractivity contribution >= 4 is 23.2 Å². The highest BCUT2D eigenvalue weighted by Crippen LogP contribution is 2.38. The highest BCUT2D eigenvalue weighted by Gasteiger charge is 2.19. The van der Waals surface area contributed by atoms with Gasteiger partial charge in [0, 0.05) is 11.6 Å². The lowest BCUT2D eigenvalue weighted by atomic mass is 9.90. The van der Waals surface area contributed by atoms with Gasteiger partial charge in [0.25, 0.3) is 0 Å². The van der Waals surface area contributed by atoms with E-state index in [0.29, 0.717) is 28.9 Å². The van der Waals surface area contributed by atoms with Crippen LogP contribution in [0.4, 0.5) is 0 Å². The van der Waals surface area contributed by atoms with Crippen LogP contribution in [0.2, 0.25) is 10.0 Å². The van der Waals surface area contributed by atoms with Crippen molar-refractivity contribution < 1.29 is 9.84 Å². The molecule has 2 atom stereocenters. The number of ether oxygens (including phenoxy) is 1. The molecule has 2 unspecified atom stereocenters. The monoisotopic (exact) mass is 305 g/mol. The Kier molecular flexibility index (Phi) is 6.94. The minimum absolute atomic E-state index is 0.0715. The number of hydrogen-bond acceptors (Lipinski definition) is 3. The maximum Gasteiger partial charge on any atom is 0.141 e. The quantitative estimate of drug-likeness (QED) is 0.811. The lowest BCUT2D eigenvalue weighted by molar-refractivity contribution is 0.216. The molecule has 0 saturated heterocycles. The Balaban J connectivity index is 3.02. The molecule has 1 rings (SSSR count). The first kappa shape index (κ1) is 16.6. The van der Waals surface area contributed by atoms with Crippen LogP contribution in [0.1, 0.15) is 31.7 Å². The van der Waals surface area contributed by atoms with E-state index in [1.54, 1.807) is 6.07 Å². The fourth-order valence-corrected chi connectivity index (χ4v) is 2.68. The molecule has 0 radical (unpaired) electrons. The molecule has 0 spiro atoms. The Morgan fingerprint density at radius 1 is 1.37 bits per heavy atom. The Morgan fingerprint density at radius 2 is 2.05 bits per heavy atom. The average molecular weight is 306 g/mol. The third-order valence-electron chi connectivity index (χ3n) is 3.14. The molecular formula is C14H21Cl2NO2. The van der Waals surface area contributed by atoms with Crippen molar-refractivity contribution in [2.45, 2.75) is 26.2 Å². The summed E-state index contributed by atoms with van der Waals surface area (Å²) >= 11 is 12.2. The van der Waals surface area contributed by atoms with E-state index in [-0.39, 0.29) is 18.4 Å². The molecule has 5 heteroatoms. The van der Waals surface area contributed by atoms with Crippen molar-refractivity contribution in [2.24, 2.45) is 11.7 Å². The Bertz CT molecular complexity index is 409. The molecule has 3 nitrogen and oxygen atoms in total. The zero-order chi connectivity index (χ0) is 14.4. The van der Waals surface area contributed by atoms with Crippen LogP contribution in [-0.4, -0.2) is 24.9 Å². The van der Waals surface area contributed by atoms with Gasteiger partial charge in [0.2, 0.25) is 0 Å². The largest absolute Gasteiger partial charge is 0.492 e. The molecule has 1 aromatic carbocycles. The number of aliphatic hydroxyl groups is 1. The molecule has 3 N–H and O–H groups in total. The molecule has 0 fully saturated rings. The number of aliphatic hydroxyl groups excluding tert-OH is 1. The summed E-state index contributed by atoms with van der Waals surface area (Å²) < 4.78 is 5.61. The van der Waals surface area contributed by atoms with E-state index < -0.39 is 0 Å². The van der Waals surface area contributed by atoms with Crippen LogP contribution in [0.25, 0.3) is 0 Å². The zero-order valence-corrected chi connectivity index (χ0v) is 12.8. The van der Waals surface area contributed by atoms with Crippen molar-refractivity contribution in [1.29, 1.82) is 0 Å². The van der Waals surface area contributed by atoms with Gasteiger partial charge in [-0.2, -0.15) is 0 Å². The molecule has 108 valence electrons. The van der Waals surface area contributed by atoms with Crippen LogP contribution in [0.3, 0.4) is 0 Å². The third kappa shape index (κ3) is 4.53. The summed E-state index contributed by atoms with van der Waals surface area (Å²) in [5.74, 6) is 0.912. The predicted octanol–water partition coefficient (Wildman–Crippen LogP) is 3.45. The van der Waals surface area contributed by atoms with E-state index >= 15 is 0 Å². The second-order valence-electron chi connectivity index (χ2n) is 4.66. The van der Waals surface area contributed by atoms with Crippen LogP contribution in [0, 0.1) is 5.92 Å². The van der Waals surface area contributed by atoms with Gasteiger partial charge in [0.05, 0.1) is 11.6 Å². The molecular weight excluding hydrogens is 285 g/mol. The normalized spacial score (nSPS) is 14.2. The summed E-state index contributed by atoms with van der Waals surface area (Å²) in [4.78, 5) is 0. The molecule has 0 aliphatic heterocycles. The number of rotatable bonds is 7. The Labute approximate surface area is 124 Å². The fraction of sp³-hybridized carbons (Fsp3) is 0.571. The number of hydrogen-bond donors (Lipinski definition) is 2. The Morgan fingerprint density at radius 3 is 2.58 bits per heavy atom. The maximum absolute atomic E-state index is 9.24. The second kappa shape index (κ2) is 7.95. The molecule has 1 aromatic rings. The zero-order valence-electron chi connectivity index (χ0n) is 11.3. The van der Waals surface area contributed by atoms with Crippen LogP contribution in [-0.2, 0) is 0 Å². The summed E-state index contributed by atoms with van der Waals surface area (Å²) in [6.45, 7) is 5.05. The maximum atomic E-state index is 9.24. The van der Waals surface area contributed by atoms with Gasteiger partial charge in [-0.25, -0.2) is 0 Å². The van der Waals surface area contributed by atoms with Gasteiger partial charge in [-0.15, -0.1) is 0 Å². The Hall–Kier alpha value is -0.480. The van der Waals surface area contributed by atoms with Crippen molar-refractivity contribution in [3.63, 3.8) is 0 Å². The van der Waals surface area contributed by atoms with E-state index in [9.17, 15) is 5.11 Å². The van der Waals surface area contributed by atoms with Crippen molar-refractivity contribution in [3.05, 3.63) is 27.7 Å². The molecule has 0 heterocycles. The van der Waals surface area contributed by atoms with Gasteiger partial charge in [0.1, 0.15) is 5.75 Å². The second-order valence-corrected chi connectivity index (χ2v) is 5.50. The molecule has 19 heavy (non-hydrogen) atoms. The van der Waals surface area contributed by atoms with E-state index in [2.05, 4.69) is 6.92 Å². The molecule has 0 amide bonds. The number of benzene rings is 1. The molecule has 0 bridgehead atoms. The molecule has 0 aliphatic rings. The predicted molar refractivity (Wildman–Crippen MR) is 80.3 cm³/mol. The number of nitrogens with two attached hydrogens (primary N) is 1. The van der Waals surface area contributed by atoms with Gasteiger partial charge >= 0.3 is 0 Å². The molecule has 0 aliphatic carbocycles. The van der Waals surface area contributed by atoms with Crippen LogP contribution in [0.5, 0.6) is 5.75 Å². The van der Waals surface area contributed by atoms with Gasteiger partial charge in [0.15, 0.2) is 0 Å². The first-order valence-corrected chi connectivity index (χ1v) is 7.21. The third-order valence-corrected chi connectivity index (χ3v) is 3.63. The van der Waals surface area contributed by atoms with Crippen LogP contribution < -0.4 is 10.5 Å².